The van der Waals surface area contributed by atoms with Gasteiger partial charge in [0.2, 0.25) is 0 Å². The molecule has 20 heavy (non-hydrogen) atoms. The van der Waals surface area contributed by atoms with Crippen molar-refractivity contribution < 1.29 is 10.2 Å². The second-order valence-corrected chi connectivity index (χ2v) is 6.20. The average molecular weight is 298 g/mol. The molecular formula is C16H24ClNO2. The lowest BCUT2D eigenvalue weighted by molar-refractivity contribution is -0.0862. The standard InChI is InChI=1S/C16H23NO2.ClH/c17-10-9-15-6-1-2-7-16(15,19)8-5-12-3-4-13(18)11-14(12)15;/h3-4,11,18-19H,1-2,5-10,17H2;1H/t15-,16+;/m0./s1. The van der Waals surface area contributed by atoms with Crippen molar-refractivity contribution in [3.8, 4) is 5.75 Å². The highest BCUT2D eigenvalue weighted by Crippen LogP contribution is 2.54. The van der Waals surface area contributed by atoms with Gasteiger partial charge in [0, 0.05) is 5.41 Å². The average Bonchev–Trinajstić information content (AvgIpc) is 2.40. The van der Waals surface area contributed by atoms with Gasteiger partial charge in [-0.05, 0) is 61.9 Å². The summed E-state index contributed by atoms with van der Waals surface area (Å²) < 4.78 is 0. The molecular weight excluding hydrogens is 274 g/mol. The normalized spacial score (nSPS) is 31.9. The van der Waals surface area contributed by atoms with Gasteiger partial charge in [0.05, 0.1) is 5.60 Å². The summed E-state index contributed by atoms with van der Waals surface area (Å²) in [6, 6.07) is 5.62. The maximum absolute atomic E-state index is 11.2. The van der Waals surface area contributed by atoms with Crippen molar-refractivity contribution in [1.29, 1.82) is 0 Å². The van der Waals surface area contributed by atoms with E-state index in [9.17, 15) is 10.2 Å². The largest absolute Gasteiger partial charge is 0.508 e. The lowest BCUT2D eigenvalue weighted by Gasteiger charge is -2.54. The van der Waals surface area contributed by atoms with Crippen LogP contribution < -0.4 is 5.73 Å². The second-order valence-electron chi connectivity index (χ2n) is 6.20. The smallest absolute Gasteiger partial charge is 0.115 e. The number of halogens is 1. The van der Waals surface area contributed by atoms with E-state index in [1.807, 2.05) is 12.1 Å². The number of benzene rings is 1. The van der Waals surface area contributed by atoms with Gasteiger partial charge in [-0.1, -0.05) is 18.9 Å². The molecule has 0 aliphatic heterocycles. The maximum atomic E-state index is 11.2. The molecule has 1 fully saturated rings. The first-order valence-electron chi connectivity index (χ1n) is 7.36. The van der Waals surface area contributed by atoms with Gasteiger partial charge in [-0.2, -0.15) is 0 Å². The fourth-order valence-electron chi connectivity index (χ4n) is 4.37. The minimum Gasteiger partial charge on any atom is -0.508 e. The van der Waals surface area contributed by atoms with Crippen LogP contribution in [0.25, 0.3) is 0 Å². The van der Waals surface area contributed by atoms with Gasteiger partial charge >= 0.3 is 0 Å². The molecule has 0 saturated heterocycles. The Balaban J connectivity index is 0.00000147. The maximum Gasteiger partial charge on any atom is 0.115 e. The summed E-state index contributed by atoms with van der Waals surface area (Å²) in [5.41, 5.74) is 7.38. The fraction of sp³-hybridized carbons (Fsp3) is 0.625. The van der Waals surface area contributed by atoms with Crippen LogP contribution in [0.15, 0.2) is 18.2 Å². The molecule has 0 amide bonds. The molecule has 2 aliphatic carbocycles. The number of fused-ring (bicyclic) bond motifs is 3. The van der Waals surface area contributed by atoms with Crippen LogP contribution >= 0.6 is 12.4 Å². The molecule has 1 saturated carbocycles. The molecule has 0 spiro atoms. The van der Waals surface area contributed by atoms with E-state index in [1.54, 1.807) is 6.07 Å². The Bertz CT molecular complexity index is 489. The van der Waals surface area contributed by atoms with E-state index in [0.717, 1.165) is 50.5 Å². The van der Waals surface area contributed by atoms with Crippen LogP contribution in [0.1, 0.15) is 49.7 Å². The zero-order chi connectivity index (χ0) is 13.5. The van der Waals surface area contributed by atoms with Gasteiger partial charge < -0.3 is 15.9 Å². The van der Waals surface area contributed by atoms with Crippen LogP contribution in [0.2, 0.25) is 0 Å². The monoisotopic (exact) mass is 297 g/mol. The molecule has 4 heteroatoms. The van der Waals surface area contributed by atoms with Crippen molar-refractivity contribution in [3.63, 3.8) is 0 Å². The Morgan fingerprint density at radius 3 is 2.65 bits per heavy atom. The zero-order valence-electron chi connectivity index (χ0n) is 11.8. The Morgan fingerprint density at radius 2 is 1.90 bits per heavy atom. The number of nitrogens with two attached hydrogens (primary N) is 1. The quantitative estimate of drug-likeness (QED) is 0.786. The van der Waals surface area contributed by atoms with Crippen molar-refractivity contribution in [2.45, 2.75) is 56.0 Å². The van der Waals surface area contributed by atoms with Crippen LogP contribution in [-0.4, -0.2) is 22.4 Å². The van der Waals surface area contributed by atoms with E-state index >= 15 is 0 Å². The van der Waals surface area contributed by atoms with Crippen molar-refractivity contribution in [2.24, 2.45) is 5.73 Å². The highest BCUT2D eigenvalue weighted by molar-refractivity contribution is 5.85. The zero-order valence-corrected chi connectivity index (χ0v) is 12.6. The summed E-state index contributed by atoms with van der Waals surface area (Å²) in [5.74, 6) is 0.296. The molecule has 2 atom stereocenters. The van der Waals surface area contributed by atoms with Gasteiger partial charge in [0.15, 0.2) is 0 Å². The van der Waals surface area contributed by atoms with Gasteiger partial charge in [0.25, 0.3) is 0 Å². The van der Waals surface area contributed by atoms with Crippen molar-refractivity contribution in [1.82, 2.24) is 0 Å². The van der Waals surface area contributed by atoms with E-state index in [2.05, 4.69) is 0 Å². The summed E-state index contributed by atoms with van der Waals surface area (Å²) in [7, 11) is 0. The highest BCUT2D eigenvalue weighted by Gasteiger charge is 2.54. The SMILES string of the molecule is Cl.NCC[C@]12CCCC[C@@]1(O)CCc1ccc(O)cc12. The van der Waals surface area contributed by atoms with Gasteiger partial charge in [-0.3, -0.25) is 0 Å². The summed E-state index contributed by atoms with van der Waals surface area (Å²) in [5, 5.41) is 21.0. The first-order chi connectivity index (χ1) is 9.11. The molecule has 2 aliphatic rings. The van der Waals surface area contributed by atoms with Gasteiger partial charge in [-0.15, -0.1) is 12.4 Å². The van der Waals surface area contributed by atoms with E-state index in [4.69, 9.17) is 5.73 Å². The van der Waals surface area contributed by atoms with E-state index in [0.29, 0.717) is 12.3 Å². The number of phenolic OH excluding ortho intramolecular Hbond substituents is 1. The molecule has 112 valence electrons. The number of aryl methyl sites for hydroxylation is 1. The van der Waals surface area contributed by atoms with E-state index < -0.39 is 5.60 Å². The third-order valence-corrected chi connectivity index (χ3v) is 5.32. The first-order valence-corrected chi connectivity index (χ1v) is 7.36. The van der Waals surface area contributed by atoms with Crippen molar-refractivity contribution in [3.05, 3.63) is 29.3 Å². The van der Waals surface area contributed by atoms with Crippen LogP contribution in [0.4, 0.5) is 0 Å². The van der Waals surface area contributed by atoms with Crippen LogP contribution in [0.5, 0.6) is 5.75 Å². The molecule has 1 aromatic rings. The number of aliphatic hydroxyl groups is 1. The molecule has 1 aromatic carbocycles. The number of hydrogen-bond acceptors (Lipinski definition) is 3. The molecule has 3 nitrogen and oxygen atoms in total. The summed E-state index contributed by atoms with van der Waals surface area (Å²) in [6.07, 6.45) is 6.61. The van der Waals surface area contributed by atoms with Gasteiger partial charge in [0.1, 0.15) is 5.75 Å². The minimum atomic E-state index is -0.634. The number of hydrogen-bond donors (Lipinski definition) is 3. The Hall–Kier alpha value is -0.770. The van der Waals surface area contributed by atoms with E-state index in [-0.39, 0.29) is 17.8 Å². The molecule has 3 rings (SSSR count). The van der Waals surface area contributed by atoms with Crippen LogP contribution in [0.3, 0.4) is 0 Å². The first kappa shape index (κ1) is 15.6. The summed E-state index contributed by atoms with van der Waals surface area (Å²) in [4.78, 5) is 0. The molecule has 0 unspecified atom stereocenters. The fourth-order valence-corrected chi connectivity index (χ4v) is 4.37. The van der Waals surface area contributed by atoms with E-state index in [1.165, 1.54) is 5.56 Å². The Morgan fingerprint density at radius 1 is 1.15 bits per heavy atom. The third-order valence-electron chi connectivity index (χ3n) is 5.32. The van der Waals surface area contributed by atoms with Crippen LogP contribution in [0, 0.1) is 0 Å². The van der Waals surface area contributed by atoms with Crippen LogP contribution in [-0.2, 0) is 11.8 Å². The Labute approximate surface area is 126 Å². The lowest BCUT2D eigenvalue weighted by atomic mass is 9.53. The lowest BCUT2D eigenvalue weighted by Crippen LogP contribution is -2.57. The number of rotatable bonds is 2. The van der Waals surface area contributed by atoms with Crippen molar-refractivity contribution in [2.75, 3.05) is 6.54 Å². The number of phenols is 1. The number of aromatic hydroxyl groups is 1. The summed E-state index contributed by atoms with van der Waals surface area (Å²) in [6.45, 7) is 0.581. The minimum absolute atomic E-state index is 0. The second kappa shape index (κ2) is 5.55. The van der Waals surface area contributed by atoms with Gasteiger partial charge in [-0.25, -0.2) is 0 Å². The predicted octanol–water partition coefficient (Wildman–Crippen LogP) is 2.65. The molecule has 0 radical (unpaired) electrons. The molecule has 4 N–H and O–H groups in total. The highest BCUT2D eigenvalue weighted by atomic mass is 35.5. The molecule has 0 bridgehead atoms. The predicted molar refractivity (Wildman–Crippen MR) is 82.4 cm³/mol. The third kappa shape index (κ3) is 2.12. The topological polar surface area (TPSA) is 66.5 Å². The molecule has 0 heterocycles. The Kier molecular flexibility index (Phi) is 4.33. The summed E-state index contributed by atoms with van der Waals surface area (Å²) >= 11 is 0. The molecule has 0 aromatic heterocycles. The van der Waals surface area contributed by atoms with Crippen molar-refractivity contribution >= 4 is 12.4 Å².